The van der Waals surface area contributed by atoms with Gasteiger partial charge in [-0.1, -0.05) is 0 Å². The molecule has 4 N–H and O–H groups in total. The summed E-state index contributed by atoms with van der Waals surface area (Å²) in [4.78, 5) is 40.2. The SMILES string of the molecule is CC(C)(C)OC(=O)NC1CCC(NC(=O)c2cc(F)cnc2NC2CCC(C(=O)O)CC2)CC1. The second-order valence-corrected chi connectivity index (χ2v) is 10.2. The Bertz CT molecular complexity index is 888. The molecule has 1 aromatic rings. The number of ether oxygens (including phenoxy) is 1. The van der Waals surface area contributed by atoms with Gasteiger partial charge in [0.15, 0.2) is 0 Å². The van der Waals surface area contributed by atoms with Crippen molar-refractivity contribution in [1.29, 1.82) is 0 Å². The number of hydrogen-bond donors (Lipinski definition) is 4. The number of carboxylic acid groups (broad SMARTS) is 1. The molecule has 1 aromatic heterocycles. The summed E-state index contributed by atoms with van der Waals surface area (Å²) in [6.07, 6.45) is 5.76. The highest BCUT2D eigenvalue weighted by atomic mass is 19.1. The van der Waals surface area contributed by atoms with Crippen molar-refractivity contribution in [2.45, 2.75) is 95.9 Å². The Morgan fingerprint density at radius 2 is 1.53 bits per heavy atom. The number of carbonyl (C=O) groups is 3. The number of aliphatic carboxylic acids is 1. The van der Waals surface area contributed by atoms with Crippen LogP contribution in [0.4, 0.5) is 15.0 Å². The molecule has 2 aliphatic rings. The van der Waals surface area contributed by atoms with Crippen LogP contribution in [-0.2, 0) is 9.53 Å². The number of anilines is 1. The Morgan fingerprint density at radius 3 is 2.09 bits per heavy atom. The maximum Gasteiger partial charge on any atom is 0.407 e. The maximum absolute atomic E-state index is 13.9. The Balaban J connectivity index is 1.53. The molecule has 0 aliphatic heterocycles. The van der Waals surface area contributed by atoms with Crippen molar-refractivity contribution in [3.05, 3.63) is 23.6 Å². The first-order chi connectivity index (χ1) is 16.0. The summed E-state index contributed by atoms with van der Waals surface area (Å²) < 4.78 is 19.2. The zero-order valence-electron chi connectivity index (χ0n) is 20.0. The quantitative estimate of drug-likeness (QED) is 0.489. The molecule has 2 amide bonds. The summed E-state index contributed by atoms with van der Waals surface area (Å²) in [5.74, 6) is -1.83. The number of hydrogen-bond acceptors (Lipinski definition) is 6. The molecule has 188 valence electrons. The fraction of sp³-hybridized carbons (Fsp3) is 0.667. The summed E-state index contributed by atoms with van der Waals surface area (Å²) in [5, 5.41) is 18.2. The molecule has 2 saturated carbocycles. The number of halogens is 1. The average Bonchev–Trinajstić information content (AvgIpc) is 2.75. The number of alkyl carbamates (subject to hydrolysis) is 1. The predicted molar refractivity (Wildman–Crippen MR) is 124 cm³/mol. The van der Waals surface area contributed by atoms with Gasteiger partial charge in [0.25, 0.3) is 5.91 Å². The topological polar surface area (TPSA) is 130 Å². The highest BCUT2D eigenvalue weighted by Gasteiger charge is 2.29. The van der Waals surface area contributed by atoms with Crippen molar-refractivity contribution in [2.75, 3.05) is 5.32 Å². The normalized spacial score (nSPS) is 25.2. The number of nitrogens with zero attached hydrogens (tertiary/aromatic N) is 1. The van der Waals surface area contributed by atoms with Gasteiger partial charge < -0.3 is 25.8 Å². The van der Waals surface area contributed by atoms with Crippen LogP contribution in [-0.4, -0.2) is 51.8 Å². The maximum atomic E-state index is 13.9. The largest absolute Gasteiger partial charge is 0.481 e. The van der Waals surface area contributed by atoms with Crippen molar-refractivity contribution >= 4 is 23.8 Å². The standard InChI is InChI=1S/C24H35FN4O5/c1-24(2,3)34-23(33)29-18-10-8-17(9-11-18)28-21(30)19-12-15(25)13-26-20(19)27-16-6-4-14(5-7-16)22(31)32/h12-14,16-18H,4-11H2,1-3H3,(H,26,27)(H,28,30)(H,29,33)(H,31,32). The number of nitrogens with one attached hydrogen (secondary N) is 3. The van der Waals surface area contributed by atoms with E-state index < -0.39 is 29.4 Å². The average molecular weight is 479 g/mol. The van der Waals surface area contributed by atoms with E-state index in [1.807, 2.05) is 20.8 Å². The van der Waals surface area contributed by atoms with Gasteiger partial charge in [-0.2, -0.15) is 0 Å². The third kappa shape index (κ3) is 7.56. The van der Waals surface area contributed by atoms with Gasteiger partial charge in [0.1, 0.15) is 17.2 Å². The number of pyridine rings is 1. The molecular weight excluding hydrogens is 443 g/mol. The molecule has 2 fully saturated rings. The van der Waals surface area contributed by atoms with Crippen LogP contribution in [0.1, 0.15) is 82.5 Å². The van der Waals surface area contributed by atoms with Crippen molar-refractivity contribution in [2.24, 2.45) is 5.92 Å². The predicted octanol–water partition coefficient (Wildman–Crippen LogP) is 3.84. The van der Waals surface area contributed by atoms with Gasteiger partial charge in [-0.05, 0) is 78.2 Å². The van der Waals surface area contributed by atoms with Gasteiger partial charge in [-0.15, -0.1) is 0 Å². The van der Waals surface area contributed by atoms with E-state index in [1.165, 1.54) is 6.07 Å². The Labute approximate surface area is 199 Å². The lowest BCUT2D eigenvalue weighted by Crippen LogP contribution is -2.45. The van der Waals surface area contributed by atoms with Crippen LogP contribution in [0.2, 0.25) is 0 Å². The van der Waals surface area contributed by atoms with Gasteiger partial charge in [-0.25, -0.2) is 14.2 Å². The molecule has 0 atom stereocenters. The smallest absolute Gasteiger partial charge is 0.407 e. The summed E-state index contributed by atoms with van der Waals surface area (Å²) in [7, 11) is 0. The second-order valence-electron chi connectivity index (χ2n) is 10.2. The van der Waals surface area contributed by atoms with E-state index in [2.05, 4.69) is 20.9 Å². The lowest BCUT2D eigenvalue weighted by molar-refractivity contribution is -0.142. The minimum Gasteiger partial charge on any atom is -0.481 e. The van der Waals surface area contributed by atoms with E-state index in [1.54, 1.807) is 0 Å². The van der Waals surface area contributed by atoms with E-state index in [0.717, 1.165) is 6.20 Å². The van der Waals surface area contributed by atoms with Crippen LogP contribution in [0, 0.1) is 11.7 Å². The molecule has 0 saturated heterocycles. The first kappa shape index (κ1) is 25.7. The molecule has 3 rings (SSSR count). The number of amides is 2. The van der Waals surface area contributed by atoms with Crippen LogP contribution in [0.3, 0.4) is 0 Å². The van der Waals surface area contributed by atoms with Crippen molar-refractivity contribution in [3.8, 4) is 0 Å². The fourth-order valence-corrected chi connectivity index (χ4v) is 4.52. The van der Waals surface area contributed by atoms with Crippen molar-refractivity contribution in [3.63, 3.8) is 0 Å². The summed E-state index contributed by atoms with van der Waals surface area (Å²) >= 11 is 0. The number of rotatable bonds is 6. The molecule has 10 heteroatoms. The first-order valence-electron chi connectivity index (χ1n) is 12.0. The molecule has 0 spiro atoms. The van der Waals surface area contributed by atoms with Crippen LogP contribution in [0.25, 0.3) is 0 Å². The second kappa shape index (κ2) is 11.0. The van der Waals surface area contributed by atoms with Crippen LogP contribution in [0.5, 0.6) is 0 Å². The molecule has 2 aliphatic carbocycles. The van der Waals surface area contributed by atoms with Crippen molar-refractivity contribution < 1.29 is 28.6 Å². The van der Waals surface area contributed by atoms with Crippen LogP contribution in [0.15, 0.2) is 12.3 Å². The molecule has 9 nitrogen and oxygen atoms in total. The molecule has 0 radical (unpaired) electrons. The summed E-state index contributed by atoms with van der Waals surface area (Å²) in [6, 6.07) is 1.04. The van der Waals surface area contributed by atoms with Gasteiger partial charge in [-0.3, -0.25) is 9.59 Å². The Morgan fingerprint density at radius 1 is 0.971 bits per heavy atom. The van der Waals surface area contributed by atoms with Gasteiger partial charge in [0, 0.05) is 18.1 Å². The first-order valence-corrected chi connectivity index (χ1v) is 12.0. The number of aromatic nitrogens is 1. The zero-order chi connectivity index (χ0) is 24.9. The lowest BCUT2D eigenvalue weighted by Gasteiger charge is -2.31. The highest BCUT2D eigenvalue weighted by molar-refractivity contribution is 5.99. The van der Waals surface area contributed by atoms with Gasteiger partial charge >= 0.3 is 12.1 Å². The Kier molecular flexibility index (Phi) is 8.33. The Hall–Kier alpha value is -2.91. The third-order valence-corrected chi connectivity index (χ3v) is 6.30. The minimum atomic E-state index is -0.783. The van der Waals surface area contributed by atoms with E-state index in [-0.39, 0.29) is 29.6 Å². The molecular formula is C24H35FN4O5. The van der Waals surface area contributed by atoms with Crippen LogP contribution >= 0.6 is 0 Å². The fourth-order valence-electron chi connectivity index (χ4n) is 4.52. The van der Waals surface area contributed by atoms with Crippen LogP contribution < -0.4 is 16.0 Å². The highest BCUT2D eigenvalue weighted by Crippen LogP contribution is 2.28. The summed E-state index contributed by atoms with van der Waals surface area (Å²) in [5.41, 5.74) is -0.426. The molecule has 0 bridgehead atoms. The van der Waals surface area contributed by atoms with E-state index in [9.17, 15) is 18.8 Å². The van der Waals surface area contributed by atoms with Gasteiger partial charge in [0.05, 0.1) is 17.7 Å². The van der Waals surface area contributed by atoms with E-state index >= 15 is 0 Å². The van der Waals surface area contributed by atoms with Gasteiger partial charge in [0.2, 0.25) is 0 Å². The number of carboxylic acids is 1. The third-order valence-electron chi connectivity index (χ3n) is 6.30. The van der Waals surface area contributed by atoms with Crippen molar-refractivity contribution in [1.82, 2.24) is 15.6 Å². The monoisotopic (exact) mass is 478 g/mol. The van der Waals surface area contributed by atoms with E-state index in [0.29, 0.717) is 57.2 Å². The molecule has 0 aromatic carbocycles. The molecule has 34 heavy (non-hydrogen) atoms. The molecule has 1 heterocycles. The zero-order valence-corrected chi connectivity index (χ0v) is 20.0. The summed E-state index contributed by atoms with van der Waals surface area (Å²) in [6.45, 7) is 5.43. The minimum absolute atomic E-state index is 0.0167. The van der Waals surface area contributed by atoms with E-state index in [4.69, 9.17) is 9.84 Å². The lowest BCUT2D eigenvalue weighted by atomic mass is 9.86. The number of carbonyl (C=O) groups excluding carboxylic acids is 2. The molecule has 0 unspecified atom stereocenters.